The quantitative estimate of drug-likeness (QED) is 0.669. The first-order valence-corrected chi connectivity index (χ1v) is 10.5. The van der Waals surface area contributed by atoms with Crippen molar-refractivity contribution < 1.29 is 9.53 Å². The number of anilines is 2. The summed E-state index contributed by atoms with van der Waals surface area (Å²) in [6, 6.07) is 15.9. The Bertz CT molecular complexity index is 1040. The molecule has 30 heavy (non-hydrogen) atoms. The molecule has 1 aromatic heterocycles. The van der Waals surface area contributed by atoms with Gasteiger partial charge in [0, 0.05) is 51.0 Å². The van der Waals surface area contributed by atoms with Crippen LogP contribution in [0.1, 0.15) is 10.4 Å². The number of fused-ring (bicyclic) bond motifs is 1. The molecule has 7 heteroatoms. The molecule has 1 amide bonds. The van der Waals surface area contributed by atoms with E-state index in [1.165, 1.54) is 0 Å². The Morgan fingerprint density at radius 1 is 0.833 bits per heavy atom. The molecule has 0 N–H and O–H groups in total. The van der Waals surface area contributed by atoms with Gasteiger partial charge in [0.25, 0.3) is 5.91 Å². The maximum absolute atomic E-state index is 13.2. The highest BCUT2D eigenvalue weighted by Gasteiger charge is 2.24. The van der Waals surface area contributed by atoms with E-state index in [4.69, 9.17) is 9.72 Å². The maximum Gasteiger partial charge on any atom is 0.254 e. The van der Waals surface area contributed by atoms with Gasteiger partial charge in [-0.25, -0.2) is 4.98 Å². The number of hydrogen-bond acceptors (Lipinski definition) is 6. The molecule has 2 aliphatic heterocycles. The largest absolute Gasteiger partial charge is 0.378 e. The number of carbonyl (C=O) groups excluding carboxylic acids is 1. The van der Waals surface area contributed by atoms with E-state index in [1.54, 1.807) is 0 Å². The molecule has 0 aliphatic carbocycles. The van der Waals surface area contributed by atoms with Gasteiger partial charge in [0.05, 0.1) is 13.2 Å². The van der Waals surface area contributed by atoms with Crippen molar-refractivity contribution in [3.05, 3.63) is 60.3 Å². The predicted octanol–water partition coefficient (Wildman–Crippen LogP) is 2.43. The van der Waals surface area contributed by atoms with Gasteiger partial charge in [-0.15, -0.1) is 0 Å². The van der Waals surface area contributed by atoms with Gasteiger partial charge in [0.2, 0.25) is 5.95 Å². The SMILES string of the molecule is O=C(c1cccc2ccccc12)N1CCN(c2ccnc(N3CCOCC3)n2)CC1. The number of ether oxygens (including phenoxy) is 1. The summed E-state index contributed by atoms with van der Waals surface area (Å²) >= 11 is 0. The van der Waals surface area contributed by atoms with Crippen LogP contribution < -0.4 is 9.80 Å². The third-order valence-corrected chi connectivity index (χ3v) is 5.83. The van der Waals surface area contributed by atoms with Gasteiger partial charge in [0.1, 0.15) is 5.82 Å². The molecule has 2 fully saturated rings. The van der Waals surface area contributed by atoms with Crippen molar-refractivity contribution in [1.82, 2.24) is 14.9 Å². The molecule has 0 spiro atoms. The van der Waals surface area contributed by atoms with Gasteiger partial charge in [-0.3, -0.25) is 4.79 Å². The van der Waals surface area contributed by atoms with Gasteiger partial charge in [-0.1, -0.05) is 36.4 Å². The van der Waals surface area contributed by atoms with E-state index < -0.39 is 0 Å². The first-order valence-electron chi connectivity index (χ1n) is 10.5. The van der Waals surface area contributed by atoms with Gasteiger partial charge < -0.3 is 19.4 Å². The maximum atomic E-state index is 13.2. The Morgan fingerprint density at radius 2 is 1.60 bits per heavy atom. The van der Waals surface area contributed by atoms with Crippen molar-refractivity contribution in [2.75, 3.05) is 62.3 Å². The van der Waals surface area contributed by atoms with Crippen LogP contribution in [0.15, 0.2) is 54.7 Å². The number of aromatic nitrogens is 2. The fourth-order valence-electron chi connectivity index (χ4n) is 4.15. The van der Waals surface area contributed by atoms with Crippen LogP contribution in [0.25, 0.3) is 10.8 Å². The van der Waals surface area contributed by atoms with Crippen LogP contribution in [0.4, 0.5) is 11.8 Å². The molecule has 154 valence electrons. The number of carbonyl (C=O) groups is 1. The number of benzene rings is 2. The average Bonchev–Trinajstić information content (AvgIpc) is 2.84. The van der Waals surface area contributed by atoms with Gasteiger partial charge >= 0.3 is 0 Å². The highest BCUT2D eigenvalue weighted by atomic mass is 16.5. The second-order valence-corrected chi connectivity index (χ2v) is 7.62. The van der Waals surface area contributed by atoms with Crippen molar-refractivity contribution in [3.63, 3.8) is 0 Å². The van der Waals surface area contributed by atoms with Crippen molar-refractivity contribution in [2.24, 2.45) is 0 Å². The van der Waals surface area contributed by atoms with Crippen molar-refractivity contribution in [3.8, 4) is 0 Å². The summed E-state index contributed by atoms with van der Waals surface area (Å²) in [5.74, 6) is 1.77. The van der Waals surface area contributed by atoms with E-state index in [0.29, 0.717) is 26.3 Å². The lowest BCUT2D eigenvalue weighted by Gasteiger charge is -2.36. The third-order valence-electron chi connectivity index (χ3n) is 5.83. The van der Waals surface area contributed by atoms with E-state index in [2.05, 4.69) is 14.8 Å². The lowest BCUT2D eigenvalue weighted by atomic mass is 10.0. The average molecular weight is 403 g/mol. The summed E-state index contributed by atoms with van der Waals surface area (Å²) in [4.78, 5) is 28.7. The molecule has 2 aliphatic rings. The Balaban J connectivity index is 1.28. The fourth-order valence-corrected chi connectivity index (χ4v) is 4.15. The zero-order valence-electron chi connectivity index (χ0n) is 16.9. The minimum Gasteiger partial charge on any atom is -0.378 e. The van der Waals surface area contributed by atoms with Crippen LogP contribution in [-0.4, -0.2) is 73.3 Å². The van der Waals surface area contributed by atoms with Crippen LogP contribution in [0.2, 0.25) is 0 Å². The molecule has 5 rings (SSSR count). The number of amides is 1. The standard InChI is InChI=1S/C23H25N5O2/c29-22(20-7-3-5-18-4-1-2-6-19(18)20)27-12-10-26(11-13-27)21-8-9-24-23(25-21)28-14-16-30-17-15-28/h1-9H,10-17H2. The lowest BCUT2D eigenvalue weighted by Crippen LogP contribution is -2.49. The van der Waals surface area contributed by atoms with Gasteiger partial charge in [0.15, 0.2) is 0 Å². The first kappa shape index (κ1) is 18.8. The van der Waals surface area contributed by atoms with Crippen molar-refractivity contribution in [2.45, 2.75) is 0 Å². The molecule has 2 aromatic carbocycles. The topological polar surface area (TPSA) is 61.8 Å². The molecule has 0 bridgehead atoms. The molecule has 0 atom stereocenters. The van der Waals surface area contributed by atoms with E-state index in [1.807, 2.05) is 59.6 Å². The number of nitrogens with zero attached hydrogens (tertiary/aromatic N) is 5. The monoisotopic (exact) mass is 403 g/mol. The number of morpholine rings is 1. The summed E-state index contributed by atoms with van der Waals surface area (Å²) in [7, 11) is 0. The van der Waals surface area contributed by atoms with Gasteiger partial charge in [-0.2, -0.15) is 4.98 Å². The molecule has 0 saturated carbocycles. The van der Waals surface area contributed by atoms with E-state index in [0.717, 1.165) is 54.3 Å². The van der Waals surface area contributed by atoms with Crippen molar-refractivity contribution >= 4 is 28.4 Å². The summed E-state index contributed by atoms with van der Waals surface area (Å²) in [6.07, 6.45) is 1.82. The Morgan fingerprint density at radius 3 is 2.43 bits per heavy atom. The molecule has 0 radical (unpaired) electrons. The van der Waals surface area contributed by atoms with E-state index in [9.17, 15) is 4.79 Å². The molecule has 0 unspecified atom stereocenters. The summed E-state index contributed by atoms with van der Waals surface area (Å²) in [5, 5.41) is 2.11. The molecule has 2 saturated heterocycles. The Labute approximate surface area is 175 Å². The lowest BCUT2D eigenvalue weighted by molar-refractivity contribution is 0.0748. The van der Waals surface area contributed by atoms with Crippen LogP contribution in [-0.2, 0) is 4.74 Å². The molecule has 3 heterocycles. The minimum absolute atomic E-state index is 0.100. The Hall–Kier alpha value is -3.19. The molecular weight excluding hydrogens is 378 g/mol. The second kappa shape index (κ2) is 8.28. The fraction of sp³-hybridized carbons (Fsp3) is 0.348. The molecule has 7 nitrogen and oxygen atoms in total. The summed E-state index contributed by atoms with van der Waals surface area (Å²) in [6.45, 7) is 5.93. The van der Waals surface area contributed by atoms with Gasteiger partial charge in [-0.05, 0) is 22.9 Å². The number of rotatable bonds is 3. The third kappa shape index (κ3) is 3.68. The molecular formula is C23H25N5O2. The normalized spacial score (nSPS) is 17.4. The van der Waals surface area contributed by atoms with Crippen molar-refractivity contribution in [1.29, 1.82) is 0 Å². The number of hydrogen-bond donors (Lipinski definition) is 0. The Kier molecular flexibility index (Phi) is 5.19. The van der Waals surface area contributed by atoms with Crippen LogP contribution in [0.3, 0.4) is 0 Å². The zero-order valence-corrected chi connectivity index (χ0v) is 16.9. The highest BCUT2D eigenvalue weighted by Crippen LogP contribution is 2.22. The van der Waals surface area contributed by atoms with Crippen LogP contribution in [0, 0.1) is 0 Å². The van der Waals surface area contributed by atoms with E-state index in [-0.39, 0.29) is 5.91 Å². The minimum atomic E-state index is 0.100. The smallest absolute Gasteiger partial charge is 0.254 e. The zero-order chi connectivity index (χ0) is 20.3. The van der Waals surface area contributed by atoms with Crippen LogP contribution in [0.5, 0.6) is 0 Å². The summed E-state index contributed by atoms with van der Waals surface area (Å²) in [5.41, 5.74) is 0.776. The summed E-state index contributed by atoms with van der Waals surface area (Å²) < 4.78 is 5.42. The molecule has 3 aromatic rings. The second-order valence-electron chi connectivity index (χ2n) is 7.62. The highest BCUT2D eigenvalue weighted by molar-refractivity contribution is 6.07. The van der Waals surface area contributed by atoms with Crippen LogP contribution >= 0.6 is 0 Å². The van der Waals surface area contributed by atoms with E-state index >= 15 is 0 Å². The predicted molar refractivity (Wildman–Crippen MR) is 117 cm³/mol. The number of piperazine rings is 1. The first-order chi connectivity index (χ1) is 14.8.